The van der Waals surface area contributed by atoms with Gasteiger partial charge in [-0.2, -0.15) is 0 Å². The molecule has 3 aromatic rings. The molecular weight excluding hydrogens is 292 g/mol. The smallest absolute Gasteiger partial charge is 0.277 e. The van der Waals surface area contributed by atoms with E-state index in [-0.39, 0.29) is 0 Å². The van der Waals surface area contributed by atoms with E-state index in [1.807, 2.05) is 47.8 Å². The minimum Gasteiger partial charge on any atom is -0.493 e. The summed E-state index contributed by atoms with van der Waals surface area (Å²) in [6.45, 7) is 0.603. The molecule has 0 bridgehead atoms. The van der Waals surface area contributed by atoms with Crippen LogP contribution in [0, 0.1) is 0 Å². The van der Waals surface area contributed by atoms with E-state index < -0.39 is 0 Å². The molecule has 2 heterocycles. The van der Waals surface area contributed by atoms with E-state index in [0.717, 1.165) is 16.4 Å². The first-order valence-corrected chi connectivity index (χ1v) is 7.96. The zero-order valence-electron chi connectivity index (χ0n) is 10.6. The highest BCUT2D eigenvalue weighted by Crippen LogP contribution is 2.26. The van der Waals surface area contributed by atoms with Crippen molar-refractivity contribution >= 4 is 23.1 Å². The molecule has 0 amide bonds. The Hall–Kier alpha value is -1.79. The van der Waals surface area contributed by atoms with Crippen molar-refractivity contribution in [2.45, 2.75) is 5.22 Å². The van der Waals surface area contributed by atoms with E-state index in [2.05, 4.69) is 10.2 Å². The summed E-state index contributed by atoms with van der Waals surface area (Å²) in [6.07, 6.45) is 0. The molecular formula is C14H12N2O2S2. The van der Waals surface area contributed by atoms with Gasteiger partial charge in [0.15, 0.2) is 0 Å². The molecule has 0 aliphatic rings. The number of rotatable bonds is 6. The lowest BCUT2D eigenvalue weighted by molar-refractivity contribution is 0.343. The molecule has 0 aliphatic heterocycles. The Kier molecular flexibility index (Phi) is 4.35. The standard InChI is InChI=1S/C14H12N2O2S2/c1-2-5-11(6-3-1)17-8-10-20-14-16-15-13(18-14)12-7-4-9-19-12/h1-7,9H,8,10H2. The number of para-hydroxylation sites is 1. The Morgan fingerprint density at radius 2 is 2.00 bits per heavy atom. The van der Waals surface area contributed by atoms with Gasteiger partial charge < -0.3 is 9.15 Å². The summed E-state index contributed by atoms with van der Waals surface area (Å²) in [5, 5.41) is 10.6. The zero-order chi connectivity index (χ0) is 13.6. The first-order valence-electron chi connectivity index (χ1n) is 6.10. The largest absolute Gasteiger partial charge is 0.493 e. The van der Waals surface area contributed by atoms with Crippen LogP contribution in [0.4, 0.5) is 0 Å². The molecule has 3 rings (SSSR count). The van der Waals surface area contributed by atoms with Crippen molar-refractivity contribution in [3.63, 3.8) is 0 Å². The van der Waals surface area contributed by atoms with Crippen LogP contribution in [0.1, 0.15) is 0 Å². The molecule has 0 saturated carbocycles. The third kappa shape index (κ3) is 3.40. The van der Waals surface area contributed by atoms with Crippen LogP contribution in [-0.4, -0.2) is 22.6 Å². The van der Waals surface area contributed by atoms with Gasteiger partial charge in [-0.3, -0.25) is 0 Å². The van der Waals surface area contributed by atoms with Gasteiger partial charge in [-0.05, 0) is 23.6 Å². The van der Waals surface area contributed by atoms with Gasteiger partial charge >= 0.3 is 0 Å². The van der Waals surface area contributed by atoms with E-state index in [0.29, 0.717) is 17.7 Å². The molecule has 0 fully saturated rings. The molecule has 4 nitrogen and oxygen atoms in total. The SMILES string of the molecule is c1ccc(OCCSc2nnc(-c3cccs3)o2)cc1. The summed E-state index contributed by atoms with van der Waals surface area (Å²) in [7, 11) is 0. The lowest BCUT2D eigenvalue weighted by Gasteiger charge is -2.03. The molecule has 1 aromatic carbocycles. The molecule has 0 aliphatic carbocycles. The van der Waals surface area contributed by atoms with Crippen molar-refractivity contribution in [3.05, 3.63) is 47.8 Å². The molecule has 0 radical (unpaired) electrons. The highest BCUT2D eigenvalue weighted by molar-refractivity contribution is 7.99. The number of hydrogen-bond donors (Lipinski definition) is 0. The van der Waals surface area contributed by atoms with Gasteiger partial charge in [0.25, 0.3) is 11.1 Å². The van der Waals surface area contributed by atoms with Crippen LogP contribution in [-0.2, 0) is 0 Å². The predicted octanol–water partition coefficient (Wildman–Crippen LogP) is 3.97. The van der Waals surface area contributed by atoms with Crippen molar-refractivity contribution in [2.24, 2.45) is 0 Å². The quantitative estimate of drug-likeness (QED) is 0.509. The van der Waals surface area contributed by atoms with Crippen LogP contribution < -0.4 is 4.74 Å². The molecule has 102 valence electrons. The number of ether oxygens (including phenoxy) is 1. The van der Waals surface area contributed by atoms with Gasteiger partial charge in [0.1, 0.15) is 5.75 Å². The summed E-state index contributed by atoms with van der Waals surface area (Å²) in [5.74, 6) is 2.21. The minimum atomic E-state index is 0.574. The molecule has 6 heteroatoms. The lowest BCUT2D eigenvalue weighted by atomic mass is 10.3. The number of aromatic nitrogens is 2. The number of thiophene rings is 1. The zero-order valence-corrected chi connectivity index (χ0v) is 12.2. The molecule has 2 aromatic heterocycles. The Bertz CT molecular complexity index is 638. The Morgan fingerprint density at radius 3 is 2.80 bits per heavy atom. The Balaban J connectivity index is 1.47. The van der Waals surface area contributed by atoms with Crippen LogP contribution in [0.3, 0.4) is 0 Å². The molecule has 20 heavy (non-hydrogen) atoms. The van der Waals surface area contributed by atoms with Crippen LogP contribution in [0.15, 0.2) is 57.5 Å². The summed E-state index contributed by atoms with van der Waals surface area (Å²) < 4.78 is 11.2. The maximum atomic E-state index is 5.60. The van der Waals surface area contributed by atoms with Crippen molar-refractivity contribution in [1.82, 2.24) is 10.2 Å². The monoisotopic (exact) mass is 304 g/mol. The van der Waals surface area contributed by atoms with Gasteiger partial charge in [0.05, 0.1) is 11.5 Å². The van der Waals surface area contributed by atoms with Crippen molar-refractivity contribution in [2.75, 3.05) is 12.4 Å². The summed E-state index contributed by atoms with van der Waals surface area (Å²) in [6, 6.07) is 13.7. The third-order valence-corrected chi connectivity index (χ3v) is 4.10. The number of benzene rings is 1. The molecule has 0 unspecified atom stereocenters. The fourth-order valence-corrected chi connectivity index (χ4v) is 2.80. The predicted molar refractivity (Wildman–Crippen MR) is 80.3 cm³/mol. The topological polar surface area (TPSA) is 48.2 Å². The van der Waals surface area contributed by atoms with Crippen molar-refractivity contribution in [3.8, 4) is 16.5 Å². The molecule has 0 atom stereocenters. The average molecular weight is 304 g/mol. The van der Waals surface area contributed by atoms with Gasteiger partial charge in [0, 0.05) is 5.75 Å². The van der Waals surface area contributed by atoms with Gasteiger partial charge in [-0.1, -0.05) is 36.0 Å². The molecule has 0 saturated heterocycles. The van der Waals surface area contributed by atoms with E-state index in [9.17, 15) is 0 Å². The van der Waals surface area contributed by atoms with E-state index in [4.69, 9.17) is 9.15 Å². The second-order valence-electron chi connectivity index (χ2n) is 3.86. The highest BCUT2D eigenvalue weighted by atomic mass is 32.2. The van der Waals surface area contributed by atoms with Gasteiger partial charge in [0.2, 0.25) is 0 Å². The van der Waals surface area contributed by atoms with Crippen molar-refractivity contribution in [1.29, 1.82) is 0 Å². The van der Waals surface area contributed by atoms with E-state index in [1.165, 1.54) is 11.8 Å². The summed E-state index contributed by atoms with van der Waals surface area (Å²) >= 11 is 3.08. The summed E-state index contributed by atoms with van der Waals surface area (Å²) in [5.41, 5.74) is 0. The van der Waals surface area contributed by atoms with Crippen LogP contribution in [0.5, 0.6) is 5.75 Å². The fraction of sp³-hybridized carbons (Fsp3) is 0.143. The maximum Gasteiger partial charge on any atom is 0.277 e. The van der Waals surface area contributed by atoms with Gasteiger partial charge in [-0.25, -0.2) is 0 Å². The van der Waals surface area contributed by atoms with Crippen LogP contribution in [0.2, 0.25) is 0 Å². The lowest BCUT2D eigenvalue weighted by Crippen LogP contribution is -1.99. The summed E-state index contributed by atoms with van der Waals surface area (Å²) in [4.78, 5) is 0.991. The first-order chi connectivity index (χ1) is 9.92. The Labute approximate surface area is 124 Å². The third-order valence-electron chi connectivity index (χ3n) is 2.46. The van der Waals surface area contributed by atoms with E-state index in [1.54, 1.807) is 11.3 Å². The van der Waals surface area contributed by atoms with E-state index >= 15 is 0 Å². The maximum absolute atomic E-state index is 5.60. The number of thioether (sulfide) groups is 1. The fourth-order valence-electron chi connectivity index (χ4n) is 1.57. The minimum absolute atomic E-state index is 0.574. The number of hydrogen-bond acceptors (Lipinski definition) is 6. The normalized spacial score (nSPS) is 10.6. The first kappa shape index (κ1) is 13.2. The highest BCUT2D eigenvalue weighted by Gasteiger charge is 2.09. The number of nitrogens with zero attached hydrogens (tertiary/aromatic N) is 2. The second kappa shape index (κ2) is 6.58. The average Bonchev–Trinajstić information content (AvgIpc) is 3.15. The van der Waals surface area contributed by atoms with Crippen LogP contribution >= 0.6 is 23.1 Å². The van der Waals surface area contributed by atoms with Gasteiger partial charge in [-0.15, -0.1) is 21.5 Å². The van der Waals surface area contributed by atoms with Crippen molar-refractivity contribution < 1.29 is 9.15 Å². The second-order valence-corrected chi connectivity index (χ2v) is 5.85. The van der Waals surface area contributed by atoms with Crippen LogP contribution in [0.25, 0.3) is 10.8 Å². The molecule has 0 N–H and O–H groups in total. The Morgan fingerprint density at radius 1 is 1.10 bits per heavy atom. The molecule has 0 spiro atoms.